The van der Waals surface area contributed by atoms with E-state index in [1.165, 1.54) is 39.2 Å². The third-order valence-electron chi connectivity index (χ3n) is 5.18. The highest BCUT2D eigenvalue weighted by molar-refractivity contribution is 6.17. The van der Waals surface area contributed by atoms with Crippen LogP contribution in [0.3, 0.4) is 0 Å². The minimum Gasteiger partial charge on any atom is -0.497 e. The Kier molecular flexibility index (Phi) is 8.96. The van der Waals surface area contributed by atoms with Gasteiger partial charge in [0.2, 0.25) is 0 Å². The fourth-order valence-corrected chi connectivity index (χ4v) is 3.49. The van der Waals surface area contributed by atoms with Gasteiger partial charge in [0.1, 0.15) is 5.75 Å². The molecule has 5 nitrogen and oxygen atoms in total. The minimum absolute atomic E-state index is 0.137. The van der Waals surface area contributed by atoms with Gasteiger partial charge in [-0.3, -0.25) is 4.79 Å². The highest BCUT2D eigenvalue weighted by atomic mass is 16.5. The molecule has 0 aromatic heterocycles. The van der Waals surface area contributed by atoms with Crippen LogP contribution in [0.25, 0.3) is 5.70 Å². The molecule has 1 amide bonds. The SMILES string of the molecule is CNC(=O)/C(C=N)=C(/N)c1ccc(OC)cc1.c1ccc(C2CCCCC2)cc1. The van der Waals surface area contributed by atoms with E-state index in [1.807, 2.05) is 0 Å². The molecular formula is C24H31N3O2. The molecule has 2 aromatic rings. The fourth-order valence-electron chi connectivity index (χ4n) is 3.49. The number of hydrogen-bond acceptors (Lipinski definition) is 4. The number of carbonyl (C=O) groups is 1. The molecule has 0 aliphatic heterocycles. The zero-order chi connectivity index (χ0) is 21.1. The molecule has 0 atom stereocenters. The number of benzene rings is 2. The van der Waals surface area contributed by atoms with Gasteiger partial charge in [-0.1, -0.05) is 49.6 Å². The Morgan fingerprint density at radius 2 is 1.69 bits per heavy atom. The lowest BCUT2D eigenvalue weighted by Crippen LogP contribution is -2.23. The summed E-state index contributed by atoms with van der Waals surface area (Å²) in [5.74, 6) is 1.19. The molecule has 1 saturated carbocycles. The monoisotopic (exact) mass is 393 g/mol. The predicted molar refractivity (Wildman–Crippen MR) is 119 cm³/mol. The van der Waals surface area contributed by atoms with Gasteiger partial charge in [-0.2, -0.15) is 0 Å². The van der Waals surface area contributed by atoms with Gasteiger partial charge in [-0.05, 0) is 54.2 Å². The van der Waals surface area contributed by atoms with E-state index in [4.69, 9.17) is 15.9 Å². The number of hydrogen-bond donors (Lipinski definition) is 3. The minimum atomic E-state index is -0.381. The molecule has 4 N–H and O–H groups in total. The number of likely N-dealkylation sites (N-methyl/N-ethyl adjacent to an activating group) is 1. The number of methoxy groups -OCH3 is 1. The molecule has 0 heterocycles. The molecule has 1 aliphatic rings. The summed E-state index contributed by atoms with van der Waals surface area (Å²) in [6, 6.07) is 17.9. The van der Waals surface area contributed by atoms with Gasteiger partial charge in [-0.25, -0.2) is 0 Å². The van der Waals surface area contributed by atoms with Crippen molar-refractivity contribution in [2.24, 2.45) is 5.73 Å². The molecule has 3 rings (SSSR count). The van der Waals surface area contributed by atoms with Crippen LogP contribution in [0.15, 0.2) is 60.2 Å². The number of ether oxygens (including phenoxy) is 1. The molecule has 29 heavy (non-hydrogen) atoms. The van der Waals surface area contributed by atoms with Crippen molar-refractivity contribution in [3.8, 4) is 5.75 Å². The maximum Gasteiger partial charge on any atom is 0.254 e. The van der Waals surface area contributed by atoms with E-state index in [0.717, 1.165) is 12.1 Å². The Bertz CT molecular complexity index is 808. The van der Waals surface area contributed by atoms with Crippen molar-refractivity contribution in [1.82, 2.24) is 5.32 Å². The van der Waals surface area contributed by atoms with Gasteiger partial charge in [-0.15, -0.1) is 0 Å². The lowest BCUT2D eigenvalue weighted by Gasteiger charge is -2.21. The van der Waals surface area contributed by atoms with Gasteiger partial charge < -0.3 is 21.2 Å². The standard InChI is InChI=1S/C12H15N3O2.C12H16/c1-15-12(16)10(7-13)11(14)8-3-5-9(17-2)6-4-8;1-3-7-11(8-4-1)12-9-5-2-6-10-12/h3-7,13H,14H2,1-2H3,(H,15,16);1,3-4,7-8,12H,2,5-6,9-10H2/b11-10+,13-7?;. The van der Waals surface area contributed by atoms with E-state index in [9.17, 15) is 4.79 Å². The summed E-state index contributed by atoms with van der Waals surface area (Å²) < 4.78 is 5.02. The van der Waals surface area contributed by atoms with Gasteiger partial charge in [0.25, 0.3) is 5.91 Å². The Labute approximate surface area is 173 Å². The van der Waals surface area contributed by atoms with Gasteiger partial charge in [0, 0.05) is 13.3 Å². The zero-order valence-electron chi connectivity index (χ0n) is 17.3. The second-order valence-corrected chi connectivity index (χ2v) is 7.02. The van der Waals surface area contributed by atoms with Crippen molar-refractivity contribution < 1.29 is 9.53 Å². The molecule has 0 unspecified atom stereocenters. The van der Waals surface area contributed by atoms with Crippen LogP contribution in [0.4, 0.5) is 0 Å². The topological polar surface area (TPSA) is 88.2 Å². The Hall–Kier alpha value is -3.08. The second kappa shape index (κ2) is 11.7. The van der Waals surface area contributed by atoms with Crippen molar-refractivity contribution >= 4 is 17.8 Å². The third kappa shape index (κ3) is 6.49. The molecule has 5 heteroatoms. The maximum absolute atomic E-state index is 11.5. The smallest absolute Gasteiger partial charge is 0.254 e. The fraction of sp³-hybridized carbons (Fsp3) is 0.333. The first-order valence-electron chi connectivity index (χ1n) is 10.0. The van der Waals surface area contributed by atoms with Crippen molar-refractivity contribution in [3.05, 3.63) is 71.3 Å². The number of amides is 1. The zero-order valence-corrected chi connectivity index (χ0v) is 17.3. The molecule has 0 saturated heterocycles. The molecule has 0 bridgehead atoms. The molecule has 2 aromatic carbocycles. The third-order valence-corrected chi connectivity index (χ3v) is 5.18. The van der Waals surface area contributed by atoms with Crippen LogP contribution in [0.1, 0.15) is 49.1 Å². The van der Waals surface area contributed by atoms with Crippen LogP contribution in [0.5, 0.6) is 5.75 Å². The summed E-state index contributed by atoms with van der Waals surface area (Å²) in [5.41, 5.74) is 8.47. The van der Waals surface area contributed by atoms with Crippen molar-refractivity contribution in [2.75, 3.05) is 14.2 Å². The van der Waals surface area contributed by atoms with Crippen LogP contribution in [0, 0.1) is 5.41 Å². The first-order valence-corrected chi connectivity index (χ1v) is 10.0. The highest BCUT2D eigenvalue weighted by Crippen LogP contribution is 2.32. The van der Waals surface area contributed by atoms with Crippen LogP contribution >= 0.6 is 0 Å². The van der Waals surface area contributed by atoms with E-state index in [2.05, 4.69) is 35.6 Å². The summed E-state index contributed by atoms with van der Waals surface area (Å²) in [5, 5.41) is 9.64. The number of rotatable bonds is 5. The van der Waals surface area contributed by atoms with Crippen LogP contribution in [0.2, 0.25) is 0 Å². The summed E-state index contributed by atoms with van der Waals surface area (Å²) in [6.45, 7) is 0. The Morgan fingerprint density at radius 3 is 2.21 bits per heavy atom. The van der Waals surface area contributed by atoms with Gasteiger partial charge in [0.15, 0.2) is 0 Å². The van der Waals surface area contributed by atoms with Crippen molar-refractivity contribution in [1.29, 1.82) is 5.41 Å². The van der Waals surface area contributed by atoms with E-state index in [-0.39, 0.29) is 17.2 Å². The highest BCUT2D eigenvalue weighted by Gasteiger charge is 2.14. The number of nitrogens with one attached hydrogen (secondary N) is 2. The van der Waals surface area contributed by atoms with E-state index in [0.29, 0.717) is 11.3 Å². The normalized spacial score (nSPS) is 14.7. The summed E-state index contributed by atoms with van der Waals surface area (Å²) >= 11 is 0. The maximum atomic E-state index is 11.5. The summed E-state index contributed by atoms with van der Waals surface area (Å²) in [7, 11) is 3.06. The van der Waals surface area contributed by atoms with E-state index < -0.39 is 0 Å². The van der Waals surface area contributed by atoms with Crippen LogP contribution in [-0.2, 0) is 4.79 Å². The summed E-state index contributed by atoms with van der Waals surface area (Å²) in [4.78, 5) is 11.5. The molecule has 0 radical (unpaired) electrons. The average molecular weight is 394 g/mol. The lowest BCUT2D eigenvalue weighted by atomic mass is 9.84. The van der Waals surface area contributed by atoms with E-state index >= 15 is 0 Å². The lowest BCUT2D eigenvalue weighted by molar-refractivity contribution is -0.116. The Morgan fingerprint density at radius 1 is 1.07 bits per heavy atom. The Balaban J connectivity index is 0.000000218. The second-order valence-electron chi connectivity index (χ2n) is 7.02. The molecule has 1 fully saturated rings. The first-order chi connectivity index (χ1) is 14.1. The van der Waals surface area contributed by atoms with Crippen molar-refractivity contribution in [2.45, 2.75) is 38.0 Å². The van der Waals surface area contributed by atoms with Crippen LogP contribution < -0.4 is 15.8 Å². The van der Waals surface area contributed by atoms with Gasteiger partial charge in [0.05, 0.1) is 18.4 Å². The number of carbonyl (C=O) groups excluding carboxylic acids is 1. The largest absolute Gasteiger partial charge is 0.497 e. The van der Waals surface area contributed by atoms with Crippen LogP contribution in [-0.4, -0.2) is 26.3 Å². The molecule has 154 valence electrons. The summed E-state index contributed by atoms with van der Waals surface area (Å²) in [6.07, 6.45) is 8.06. The molecular weight excluding hydrogens is 362 g/mol. The van der Waals surface area contributed by atoms with E-state index in [1.54, 1.807) is 36.9 Å². The first kappa shape index (κ1) is 22.2. The van der Waals surface area contributed by atoms with Crippen molar-refractivity contribution in [3.63, 3.8) is 0 Å². The number of nitrogens with two attached hydrogens (primary N) is 1. The molecule has 1 aliphatic carbocycles. The van der Waals surface area contributed by atoms with Gasteiger partial charge >= 0.3 is 0 Å². The predicted octanol–water partition coefficient (Wildman–Crippen LogP) is 4.49. The average Bonchev–Trinajstić information content (AvgIpc) is 2.81. The molecule has 0 spiro atoms. The quantitative estimate of drug-likeness (QED) is 0.516.